The van der Waals surface area contributed by atoms with Crippen molar-refractivity contribution in [3.63, 3.8) is 0 Å². The van der Waals surface area contributed by atoms with Gasteiger partial charge in [0.25, 0.3) is 11.5 Å². The molecule has 0 aliphatic carbocycles. The summed E-state index contributed by atoms with van der Waals surface area (Å²) in [6.45, 7) is 0.401. The highest BCUT2D eigenvalue weighted by molar-refractivity contribution is 5.94. The summed E-state index contributed by atoms with van der Waals surface area (Å²) in [5.41, 5.74) is 2.33. The number of imidazole rings is 2. The Morgan fingerprint density at radius 2 is 1.77 bits per heavy atom. The molecule has 0 aliphatic heterocycles. The third-order valence-corrected chi connectivity index (χ3v) is 6.82. The van der Waals surface area contributed by atoms with Gasteiger partial charge < -0.3 is 14.7 Å². The number of benzene rings is 2. The van der Waals surface area contributed by atoms with Crippen LogP contribution in [0.2, 0.25) is 0 Å². The van der Waals surface area contributed by atoms with Gasteiger partial charge in [0, 0.05) is 38.6 Å². The molecule has 12 heteroatoms. The zero-order chi connectivity index (χ0) is 27.3. The summed E-state index contributed by atoms with van der Waals surface area (Å²) in [6, 6.07) is 16.9. The Morgan fingerprint density at radius 3 is 2.56 bits per heavy atom. The summed E-state index contributed by atoms with van der Waals surface area (Å²) in [4.78, 5) is 45.5. The fourth-order valence-electron chi connectivity index (χ4n) is 4.83. The van der Waals surface area contributed by atoms with Crippen molar-refractivity contribution in [1.29, 1.82) is 0 Å². The van der Waals surface area contributed by atoms with Gasteiger partial charge in [-0.1, -0.05) is 48.5 Å². The third kappa shape index (κ3) is 3.93. The Balaban J connectivity index is 1.32. The zero-order valence-electron chi connectivity index (χ0n) is 21.2. The van der Waals surface area contributed by atoms with Crippen LogP contribution in [-0.4, -0.2) is 39.1 Å². The van der Waals surface area contributed by atoms with Crippen LogP contribution in [0.15, 0.2) is 80.6 Å². The molecule has 6 rings (SSSR count). The van der Waals surface area contributed by atoms with E-state index < -0.39 is 17.2 Å². The van der Waals surface area contributed by atoms with E-state index in [-0.39, 0.29) is 23.6 Å². The van der Waals surface area contributed by atoms with Gasteiger partial charge in [0.2, 0.25) is 11.7 Å². The summed E-state index contributed by atoms with van der Waals surface area (Å²) < 4.78 is 6.03. The topological polar surface area (TPSA) is 144 Å². The first kappa shape index (κ1) is 24.1. The number of carbonyl (C=O) groups is 1. The van der Waals surface area contributed by atoms with Crippen LogP contribution >= 0.6 is 0 Å². The molecular formula is C27H24N8O4. The summed E-state index contributed by atoms with van der Waals surface area (Å²) in [5.74, 6) is -0.101. The number of carbonyl (C=O) groups excluding carboxylic acids is 1. The molecule has 39 heavy (non-hydrogen) atoms. The van der Waals surface area contributed by atoms with Crippen LogP contribution in [0.1, 0.15) is 12.8 Å². The van der Waals surface area contributed by atoms with Gasteiger partial charge in [-0.3, -0.25) is 23.1 Å². The van der Waals surface area contributed by atoms with E-state index in [4.69, 9.17) is 0 Å². The number of nitrogens with zero attached hydrogens (tertiary/aromatic N) is 7. The lowest BCUT2D eigenvalue weighted by Gasteiger charge is -2.08. The van der Waals surface area contributed by atoms with Gasteiger partial charge in [-0.15, -0.1) is 10.2 Å². The smallest absolute Gasteiger partial charge is 0.332 e. The molecule has 12 nitrogen and oxygen atoms in total. The number of hydrogen-bond donors (Lipinski definition) is 2. The summed E-state index contributed by atoms with van der Waals surface area (Å²) >= 11 is 0. The SMILES string of the molecule is Cn1c(=O)c2c(nc3n(CCCC(=O)N=Nc4c(O)[nH]c5ccccc45)c(-c4ccccc4)cn23)n(C)c1=O. The highest BCUT2D eigenvalue weighted by atomic mass is 16.3. The van der Waals surface area contributed by atoms with Crippen LogP contribution in [0.4, 0.5) is 5.69 Å². The first-order valence-electron chi connectivity index (χ1n) is 12.3. The van der Waals surface area contributed by atoms with Gasteiger partial charge >= 0.3 is 5.69 Å². The quantitative estimate of drug-likeness (QED) is 0.320. The minimum absolute atomic E-state index is 0.103. The van der Waals surface area contributed by atoms with Crippen molar-refractivity contribution in [3.05, 3.63) is 81.6 Å². The summed E-state index contributed by atoms with van der Waals surface area (Å²) in [5, 5.41) is 18.6. The molecule has 0 fully saturated rings. The molecule has 4 aromatic heterocycles. The maximum atomic E-state index is 13.0. The molecule has 0 spiro atoms. The molecule has 0 saturated carbocycles. The van der Waals surface area contributed by atoms with E-state index in [0.717, 1.165) is 15.8 Å². The molecule has 0 aliphatic rings. The molecule has 0 saturated heterocycles. The molecule has 0 unspecified atom stereocenters. The van der Waals surface area contributed by atoms with Crippen molar-refractivity contribution in [1.82, 2.24) is 28.1 Å². The second-order valence-corrected chi connectivity index (χ2v) is 9.26. The van der Waals surface area contributed by atoms with Gasteiger partial charge in [-0.2, -0.15) is 4.98 Å². The van der Waals surface area contributed by atoms with Crippen LogP contribution < -0.4 is 11.2 Å². The van der Waals surface area contributed by atoms with E-state index in [1.54, 1.807) is 23.6 Å². The van der Waals surface area contributed by atoms with E-state index in [1.165, 1.54) is 11.6 Å². The average molecular weight is 525 g/mol. The van der Waals surface area contributed by atoms with Gasteiger partial charge in [0.1, 0.15) is 0 Å². The standard InChI is InChI=1S/C27H24N8O4/c1-32-23-22(25(38)33(2)27(32)39)35-15-19(16-9-4-3-5-10-16)34(26(35)29-23)14-8-13-20(36)30-31-21-17-11-6-7-12-18(17)28-24(21)37/h3-7,9-12,15,28,37H,8,13-14H2,1-2H3. The largest absolute Gasteiger partial charge is 0.493 e. The number of aromatic nitrogens is 6. The number of rotatable bonds is 6. The van der Waals surface area contributed by atoms with Crippen molar-refractivity contribution in [2.45, 2.75) is 19.4 Å². The Labute approximate surface area is 220 Å². The highest BCUT2D eigenvalue weighted by Crippen LogP contribution is 2.35. The van der Waals surface area contributed by atoms with Crippen LogP contribution in [0.3, 0.4) is 0 Å². The minimum atomic E-state index is -0.458. The van der Waals surface area contributed by atoms with E-state index in [2.05, 4.69) is 20.2 Å². The van der Waals surface area contributed by atoms with Crippen molar-refractivity contribution in [3.8, 4) is 17.1 Å². The summed E-state index contributed by atoms with van der Waals surface area (Å²) in [7, 11) is 3.02. The molecule has 0 atom stereocenters. The van der Waals surface area contributed by atoms with Crippen molar-refractivity contribution in [2.75, 3.05) is 0 Å². The van der Waals surface area contributed by atoms with Crippen molar-refractivity contribution in [2.24, 2.45) is 24.3 Å². The van der Waals surface area contributed by atoms with Crippen molar-refractivity contribution >= 4 is 39.4 Å². The molecule has 2 N–H and O–H groups in total. The lowest BCUT2D eigenvalue weighted by molar-refractivity contribution is -0.118. The Hall–Kier alpha value is -5.26. The third-order valence-electron chi connectivity index (χ3n) is 6.82. The average Bonchev–Trinajstić information content (AvgIpc) is 3.59. The fourth-order valence-corrected chi connectivity index (χ4v) is 4.83. The van der Waals surface area contributed by atoms with Gasteiger partial charge in [-0.25, -0.2) is 4.79 Å². The zero-order valence-corrected chi connectivity index (χ0v) is 21.2. The van der Waals surface area contributed by atoms with E-state index >= 15 is 0 Å². The number of H-pyrrole nitrogens is 1. The molecule has 0 bridgehead atoms. The number of amides is 1. The number of aromatic amines is 1. The maximum absolute atomic E-state index is 13.0. The number of nitrogens with one attached hydrogen (secondary N) is 1. The Morgan fingerprint density at radius 1 is 1.03 bits per heavy atom. The lowest BCUT2D eigenvalue weighted by Crippen LogP contribution is -2.37. The number of para-hydroxylation sites is 1. The molecular weight excluding hydrogens is 500 g/mol. The van der Waals surface area contributed by atoms with Gasteiger partial charge in [0.05, 0.1) is 11.2 Å². The first-order chi connectivity index (χ1) is 18.8. The Kier molecular flexibility index (Phi) is 5.71. The normalized spacial score (nSPS) is 11.9. The van der Waals surface area contributed by atoms with Crippen LogP contribution in [0, 0.1) is 0 Å². The van der Waals surface area contributed by atoms with E-state index in [9.17, 15) is 19.5 Å². The number of aryl methyl sites for hydroxylation is 2. The number of azo groups is 1. The maximum Gasteiger partial charge on any atom is 0.332 e. The lowest BCUT2D eigenvalue weighted by atomic mass is 10.1. The Bertz CT molecular complexity index is 2040. The molecule has 2 aromatic carbocycles. The van der Waals surface area contributed by atoms with Gasteiger partial charge in [0.15, 0.2) is 16.9 Å². The fraction of sp³-hybridized carbons (Fsp3) is 0.185. The van der Waals surface area contributed by atoms with Crippen LogP contribution in [-0.2, 0) is 25.4 Å². The molecule has 6 aromatic rings. The van der Waals surface area contributed by atoms with Crippen LogP contribution in [0.25, 0.3) is 39.1 Å². The van der Waals surface area contributed by atoms with E-state index in [0.29, 0.717) is 35.2 Å². The first-order valence-corrected chi connectivity index (χ1v) is 12.3. The number of hydrogen-bond acceptors (Lipinski definition) is 6. The second kappa shape index (κ2) is 9.24. The molecule has 1 amide bonds. The monoisotopic (exact) mass is 524 g/mol. The minimum Gasteiger partial charge on any atom is -0.493 e. The van der Waals surface area contributed by atoms with Gasteiger partial charge in [-0.05, 0) is 18.1 Å². The van der Waals surface area contributed by atoms with Crippen molar-refractivity contribution < 1.29 is 9.90 Å². The number of fused-ring (bicyclic) bond motifs is 4. The second-order valence-electron chi connectivity index (χ2n) is 9.26. The molecule has 0 radical (unpaired) electrons. The number of aromatic hydroxyl groups is 1. The molecule has 4 heterocycles. The van der Waals surface area contributed by atoms with E-state index in [1.807, 2.05) is 53.2 Å². The summed E-state index contributed by atoms with van der Waals surface area (Å²) in [6.07, 6.45) is 2.35. The van der Waals surface area contributed by atoms with Crippen LogP contribution in [0.5, 0.6) is 5.88 Å². The molecule has 196 valence electrons. The highest BCUT2D eigenvalue weighted by Gasteiger charge is 2.21. The predicted octanol–water partition coefficient (Wildman–Crippen LogP) is 3.63. The predicted molar refractivity (Wildman–Crippen MR) is 145 cm³/mol.